The molecule has 0 bridgehead atoms. The zero-order valence-corrected chi connectivity index (χ0v) is 14.8. The van der Waals surface area contributed by atoms with Gasteiger partial charge < -0.3 is 15.1 Å². The third-order valence-electron chi connectivity index (χ3n) is 5.57. The molecule has 134 valence electrons. The van der Waals surface area contributed by atoms with E-state index in [0.29, 0.717) is 6.54 Å². The molecule has 2 fully saturated rings. The van der Waals surface area contributed by atoms with Crippen LogP contribution in [0, 0.1) is 5.92 Å². The molecule has 3 rings (SSSR count). The van der Waals surface area contributed by atoms with E-state index in [1.807, 2.05) is 9.80 Å². The molecular formula is C19H31N3O2. The van der Waals surface area contributed by atoms with Gasteiger partial charge in [-0.15, -0.1) is 0 Å². The van der Waals surface area contributed by atoms with Gasteiger partial charge >= 0.3 is 6.03 Å². The first-order valence-electron chi connectivity index (χ1n) is 9.73. The van der Waals surface area contributed by atoms with Crippen LogP contribution in [0.2, 0.25) is 0 Å². The molecule has 1 N–H and O–H groups in total. The summed E-state index contributed by atoms with van der Waals surface area (Å²) in [5.41, 5.74) is 1.50. The number of hydrogen-bond donors (Lipinski definition) is 1. The second-order valence-corrected chi connectivity index (χ2v) is 7.41. The van der Waals surface area contributed by atoms with Gasteiger partial charge in [0.15, 0.2) is 0 Å². The van der Waals surface area contributed by atoms with Gasteiger partial charge in [0.05, 0.1) is 5.92 Å². The lowest BCUT2D eigenvalue weighted by molar-refractivity contribution is -0.126. The molecule has 3 amide bonds. The second kappa shape index (κ2) is 8.54. The van der Waals surface area contributed by atoms with E-state index in [0.717, 1.165) is 58.3 Å². The largest absolute Gasteiger partial charge is 0.355 e. The fourth-order valence-electron chi connectivity index (χ4n) is 4.10. The number of rotatable bonds is 4. The smallest absolute Gasteiger partial charge is 0.320 e. The zero-order chi connectivity index (χ0) is 16.8. The van der Waals surface area contributed by atoms with Crippen molar-refractivity contribution in [2.45, 2.75) is 57.8 Å². The van der Waals surface area contributed by atoms with Crippen LogP contribution in [0.1, 0.15) is 57.8 Å². The molecule has 5 heteroatoms. The second-order valence-electron chi connectivity index (χ2n) is 7.41. The zero-order valence-electron chi connectivity index (χ0n) is 14.8. The number of allylic oxidation sites excluding steroid dienone is 1. The van der Waals surface area contributed by atoms with E-state index >= 15 is 0 Å². The Balaban J connectivity index is 1.42. The highest BCUT2D eigenvalue weighted by atomic mass is 16.2. The van der Waals surface area contributed by atoms with E-state index in [2.05, 4.69) is 11.4 Å². The standard InChI is InChI=1S/C19H31N3O2/c23-18(20-11-10-16-7-2-1-3-8-16)17-9-6-14-22(15-17)19(24)21-12-4-5-13-21/h7,17H,1-6,8-15H2,(H,20,23)/t17-/m0/s1. The summed E-state index contributed by atoms with van der Waals surface area (Å²) in [5, 5.41) is 3.10. The molecule has 2 aliphatic heterocycles. The first-order valence-corrected chi connectivity index (χ1v) is 9.73. The van der Waals surface area contributed by atoms with Crippen molar-refractivity contribution in [2.75, 3.05) is 32.7 Å². The van der Waals surface area contributed by atoms with E-state index in [-0.39, 0.29) is 17.9 Å². The SMILES string of the molecule is O=C(NCCC1=CCCCC1)[C@H]1CCCN(C(=O)N2CCCC2)C1. The molecule has 1 aliphatic carbocycles. The molecule has 0 aromatic rings. The van der Waals surface area contributed by atoms with Gasteiger partial charge in [-0.1, -0.05) is 11.6 Å². The van der Waals surface area contributed by atoms with Crippen molar-refractivity contribution in [3.05, 3.63) is 11.6 Å². The average Bonchev–Trinajstić information content (AvgIpc) is 3.16. The van der Waals surface area contributed by atoms with E-state index < -0.39 is 0 Å². The van der Waals surface area contributed by atoms with Crippen LogP contribution in [0.5, 0.6) is 0 Å². The van der Waals surface area contributed by atoms with Crippen LogP contribution in [-0.2, 0) is 4.79 Å². The number of nitrogens with one attached hydrogen (secondary N) is 1. The lowest BCUT2D eigenvalue weighted by atomic mass is 9.96. The van der Waals surface area contributed by atoms with E-state index in [4.69, 9.17) is 0 Å². The molecule has 24 heavy (non-hydrogen) atoms. The predicted octanol–water partition coefficient (Wildman–Crippen LogP) is 2.92. The highest BCUT2D eigenvalue weighted by Gasteiger charge is 2.31. The van der Waals surface area contributed by atoms with Crippen molar-refractivity contribution >= 4 is 11.9 Å². The summed E-state index contributed by atoms with van der Waals surface area (Å²) in [6, 6.07) is 0.136. The number of urea groups is 1. The van der Waals surface area contributed by atoms with Crippen molar-refractivity contribution in [2.24, 2.45) is 5.92 Å². The van der Waals surface area contributed by atoms with Gasteiger partial charge in [0.25, 0.3) is 0 Å². The quantitative estimate of drug-likeness (QED) is 0.804. The maximum absolute atomic E-state index is 12.5. The minimum Gasteiger partial charge on any atom is -0.355 e. The molecule has 3 aliphatic rings. The maximum atomic E-state index is 12.5. The average molecular weight is 333 g/mol. The summed E-state index contributed by atoms with van der Waals surface area (Å²) < 4.78 is 0. The predicted molar refractivity (Wildman–Crippen MR) is 94.7 cm³/mol. The molecule has 0 unspecified atom stereocenters. The maximum Gasteiger partial charge on any atom is 0.320 e. The van der Waals surface area contributed by atoms with Gasteiger partial charge in [-0.25, -0.2) is 4.79 Å². The third kappa shape index (κ3) is 4.52. The molecule has 2 saturated heterocycles. The molecule has 2 heterocycles. The molecule has 0 saturated carbocycles. The fraction of sp³-hybridized carbons (Fsp3) is 0.789. The van der Waals surface area contributed by atoms with Gasteiger partial charge in [0.1, 0.15) is 0 Å². The first kappa shape index (κ1) is 17.3. The Hall–Kier alpha value is -1.52. The summed E-state index contributed by atoms with van der Waals surface area (Å²) in [6.07, 6.45) is 12.4. The number of carbonyl (C=O) groups is 2. The topological polar surface area (TPSA) is 52.7 Å². The highest BCUT2D eigenvalue weighted by Crippen LogP contribution is 2.21. The van der Waals surface area contributed by atoms with E-state index in [1.54, 1.807) is 0 Å². The van der Waals surface area contributed by atoms with Gasteiger partial charge in [-0.2, -0.15) is 0 Å². The van der Waals surface area contributed by atoms with Crippen LogP contribution in [0.3, 0.4) is 0 Å². The molecule has 0 radical (unpaired) electrons. The number of amides is 3. The third-order valence-corrected chi connectivity index (χ3v) is 5.57. The Morgan fingerprint density at radius 2 is 1.83 bits per heavy atom. The number of nitrogens with zero attached hydrogens (tertiary/aromatic N) is 2. The van der Waals surface area contributed by atoms with Crippen LogP contribution in [0.25, 0.3) is 0 Å². The summed E-state index contributed by atoms with van der Waals surface area (Å²) in [4.78, 5) is 28.8. The lowest BCUT2D eigenvalue weighted by Crippen LogP contribution is -2.49. The lowest BCUT2D eigenvalue weighted by Gasteiger charge is -2.34. The first-order chi connectivity index (χ1) is 11.7. The normalized spacial score (nSPS) is 24.7. The Morgan fingerprint density at radius 1 is 1.04 bits per heavy atom. The highest BCUT2D eigenvalue weighted by molar-refractivity contribution is 5.81. The van der Waals surface area contributed by atoms with Crippen LogP contribution < -0.4 is 5.32 Å². The summed E-state index contributed by atoms with van der Waals surface area (Å²) in [5.74, 6) is 0.0935. The Kier molecular flexibility index (Phi) is 6.16. The van der Waals surface area contributed by atoms with Crippen molar-refractivity contribution in [3.63, 3.8) is 0 Å². The number of hydrogen-bond acceptors (Lipinski definition) is 2. The Labute approximate surface area is 145 Å². The fourth-order valence-corrected chi connectivity index (χ4v) is 4.10. The summed E-state index contributed by atoms with van der Waals surface area (Å²) in [6.45, 7) is 3.87. The van der Waals surface area contributed by atoms with Crippen LogP contribution >= 0.6 is 0 Å². The molecule has 0 aromatic carbocycles. The molecular weight excluding hydrogens is 302 g/mol. The minimum absolute atomic E-state index is 0.0364. The Morgan fingerprint density at radius 3 is 2.58 bits per heavy atom. The molecule has 1 atom stereocenters. The number of carbonyl (C=O) groups excluding carboxylic acids is 2. The van der Waals surface area contributed by atoms with Crippen molar-refractivity contribution in [3.8, 4) is 0 Å². The van der Waals surface area contributed by atoms with Gasteiger partial charge in [-0.3, -0.25) is 4.79 Å². The van der Waals surface area contributed by atoms with Crippen LogP contribution in [0.15, 0.2) is 11.6 Å². The monoisotopic (exact) mass is 333 g/mol. The number of piperidine rings is 1. The molecule has 0 aromatic heterocycles. The minimum atomic E-state index is -0.0364. The van der Waals surface area contributed by atoms with Crippen molar-refractivity contribution in [1.29, 1.82) is 0 Å². The van der Waals surface area contributed by atoms with Crippen molar-refractivity contribution in [1.82, 2.24) is 15.1 Å². The molecule has 0 spiro atoms. The van der Waals surface area contributed by atoms with Gasteiger partial charge in [0.2, 0.25) is 5.91 Å². The Bertz CT molecular complexity index is 483. The van der Waals surface area contributed by atoms with Crippen LogP contribution in [0.4, 0.5) is 4.79 Å². The van der Waals surface area contributed by atoms with Crippen molar-refractivity contribution < 1.29 is 9.59 Å². The van der Waals surface area contributed by atoms with E-state index in [1.165, 1.54) is 31.3 Å². The molecule has 5 nitrogen and oxygen atoms in total. The number of likely N-dealkylation sites (tertiary alicyclic amines) is 2. The van der Waals surface area contributed by atoms with Crippen LogP contribution in [-0.4, -0.2) is 54.5 Å². The van der Waals surface area contributed by atoms with Gasteiger partial charge in [-0.05, 0) is 57.8 Å². The summed E-state index contributed by atoms with van der Waals surface area (Å²) >= 11 is 0. The van der Waals surface area contributed by atoms with E-state index in [9.17, 15) is 9.59 Å². The van der Waals surface area contributed by atoms with Gasteiger partial charge in [0, 0.05) is 32.7 Å². The summed E-state index contributed by atoms with van der Waals surface area (Å²) in [7, 11) is 0.